The molecular weight excluding hydrogens is 255 g/mol. The zero-order chi connectivity index (χ0) is 11.9. The van der Waals surface area contributed by atoms with Crippen LogP contribution in [0.25, 0.3) is 11.0 Å². The van der Waals surface area contributed by atoms with E-state index in [0.717, 1.165) is 0 Å². The summed E-state index contributed by atoms with van der Waals surface area (Å²) in [4.78, 5) is 0. The van der Waals surface area contributed by atoms with E-state index in [-0.39, 0.29) is 40.7 Å². The van der Waals surface area contributed by atoms with Gasteiger partial charge in [0.05, 0.1) is 0 Å². The Morgan fingerprint density at radius 2 is 2.06 bits per heavy atom. The van der Waals surface area contributed by atoms with E-state index in [0.29, 0.717) is 11.1 Å². The van der Waals surface area contributed by atoms with Gasteiger partial charge in [-0.1, -0.05) is 18.2 Å². The van der Waals surface area contributed by atoms with Gasteiger partial charge >= 0.3 is 29.6 Å². The van der Waals surface area contributed by atoms with Crippen LogP contribution in [0, 0.1) is 6.92 Å². The summed E-state index contributed by atoms with van der Waals surface area (Å²) < 4.78 is 37.5. The fourth-order valence-electron chi connectivity index (χ4n) is 1.56. The molecule has 1 unspecified atom stereocenters. The van der Waals surface area contributed by atoms with Gasteiger partial charge < -0.3 is 14.1 Å². The number of aliphatic hydroxyl groups excluding tert-OH is 1. The fraction of sp³-hybridized carbons (Fsp3) is 0.200. The number of fused-ring (bicyclic) bond motifs is 1. The van der Waals surface area contributed by atoms with Crippen LogP contribution in [0.5, 0.6) is 0 Å². The maximum atomic E-state index is 10.7. The first-order chi connectivity index (χ1) is 7.39. The molecule has 17 heavy (non-hydrogen) atoms. The molecule has 1 N–H and O–H groups in total. The molecule has 1 aromatic heterocycles. The van der Waals surface area contributed by atoms with Crippen LogP contribution in [0.4, 0.5) is 0 Å². The van der Waals surface area contributed by atoms with E-state index in [4.69, 9.17) is 4.42 Å². The zero-order valence-corrected chi connectivity index (χ0v) is 12.2. The molecule has 0 spiro atoms. The maximum Gasteiger partial charge on any atom is 1.00 e. The Hall–Kier alpha value is -0.370. The van der Waals surface area contributed by atoms with Crippen molar-refractivity contribution in [3.8, 4) is 0 Å². The van der Waals surface area contributed by atoms with Gasteiger partial charge in [0.1, 0.15) is 21.5 Å². The summed E-state index contributed by atoms with van der Waals surface area (Å²) in [5.74, 6) is 0.581. The average molecular weight is 264 g/mol. The number of hydrogen-bond donors (Lipinski definition) is 1. The molecule has 1 heterocycles. The summed E-state index contributed by atoms with van der Waals surface area (Å²) in [6.07, 6.45) is 0. The van der Waals surface area contributed by atoms with Gasteiger partial charge in [-0.25, -0.2) is 8.42 Å². The van der Waals surface area contributed by atoms with Crippen molar-refractivity contribution in [1.82, 2.24) is 0 Å². The standard InChI is InChI=1S/C10H10O5S.Na/c1-6-5-7-3-2-4-8(9(7)15-6)10(11)16(12,13)14;/h2-5,10-11H,1H3,(H,12,13,14);/q;+1/p-1. The largest absolute Gasteiger partial charge is 1.00 e. The van der Waals surface area contributed by atoms with Gasteiger partial charge in [-0.2, -0.15) is 0 Å². The van der Waals surface area contributed by atoms with Crippen molar-refractivity contribution in [3.63, 3.8) is 0 Å². The Balaban J connectivity index is 0.00000144. The maximum absolute atomic E-state index is 10.7. The van der Waals surface area contributed by atoms with Gasteiger partial charge in [-0.15, -0.1) is 0 Å². The van der Waals surface area contributed by atoms with Crippen LogP contribution in [0.15, 0.2) is 28.7 Å². The Morgan fingerprint density at radius 1 is 1.41 bits per heavy atom. The van der Waals surface area contributed by atoms with Crippen molar-refractivity contribution >= 4 is 21.1 Å². The van der Waals surface area contributed by atoms with Crippen LogP contribution in [0.3, 0.4) is 0 Å². The predicted octanol–water partition coefficient (Wildman–Crippen LogP) is -1.72. The van der Waals surface area contributed by atoms with Crippen LogP contribution in [-0.4, -0.2) is 18.1 Å². The number of furan rings is 1. The molecule has 0 radical (unpaired) electrons. The van der Waals surface area contributed by atoms with Gasteiger partial charge in [0.25, 0.3) is 0 Å². The smallest absolute Gasteiger partial charge is 0.746 e. The molecule has 7 heteroatoms. The van der Waals surface area contributed by atoms with Crippen molar-refractivity contribution in [2.75, 3.05) is 0 Å². The van der Waals surface area contributed by atoms with Crippen molar-refractivity contribution in [2.45, 2.75) is 12.4 Å². The van der Waals surface area contributed by atoms with Crippen molar-refractivity contribution in [3.05, 3.63) is 35.6 Å². The molecule has 86 valence electrons. The first-order valence-electron chi connectivity index (χ1n) is 4.51. The minimum absolute atomic E-state index is 0. The fourth-order valence-corrected chi connectivity index (χ4v) is 2.06. The van der Waals surface area contributed by atoms with E-state index in [1.54, 1.807) is 25.1 Å². The topological polar surface area (TPSA) is 90.6 Å². The summed E-state index contributed by atoms with van der Waals surface area (Å²) in [5.41, 5.74) is -1.89. The minimum Gasteiger partial charge on any atom is -0.746 e. The third kappa shape index (κ3) is 2.90. The molecule has 5 nitrogen and oxygen atoms in total. The number of rotatable bonds is 2. The van der Waals surface area contributed by atoms with E-state index in [9.17, 15) is 18.1 Å². The summed E-state index contributed by atoms with van der Waals surface area (Å²) in [7, 11) is -4.79. The van der Waals surface area contributed by atoms with Crippen molar-refractivity contribution in [1.29, 1.82) is 0 Å². The van der Waals surface area contributed by atoms with Gasteiger partial charge in [0, 0.05) is 10.9 Å². The van der Waals surface area contributed by atoms with Crippen LogP contribution in [-0.2, 0) is 10.1 Å². The van der Waals surface area contributed by atoms with Gasteiger partial charge in [-0.05, 0) is 13.0 Å². The number of benzene rings is 1. The quantitative estimate of drug-likeness (QED) is 0.515. The minimum atomic E-state index is -4.79. The predicted molar refractivity (Wildman–Crippen MR) is 55.6 cm³/mol. The molecule has 0 saturated carbocycles. The third-order valence-electron chi connectivity index (χ3n) is 2.24. The summed E-state index contributed by atoms with van der Waals surface area (Å²) in [5, 5.41) is 10.1. The Morgan fingerprint density at radius 3 is 2.65 bits per heavy atom. The van der Waals surface area contributed by atoms with Crippen LogP contribution < -0.4 is 29.6 Å². The molecule has 1 aromatic carbocycles. The SMILES string of the molecule is Cc1cc2cccc(C(O)S(=O)(=O)[O-])c2o1.[Na+]. The molecule has 2 aromatic rings. The second-order valence-corrected chi connectivity index (χ2v) is 4.90. The van der Waals surface area contributed by atoms with E-state index < -0.39 is 15.6 Å². The molecule has 0 aliphatic rings. The molecular formula is C10H9NaO5S. The first kappa shape index (κ1) is 14.7. The van der Waals surface area contributed by atoms with Gasteiger partial charge in [-0.3, -0.25) is 0 Å². The Bertz CT molecular complexity index is 631. The first-order valence-corrected chi connectivity index (χ1v) is 5.98. The molecule has 0 fully saturated rings. The van der Waals surface area contributed by atoms with E-state index in [1.807, 2.05) is 0 Å². The molecule has 0 saturated heterocycles. The Kier molecular flexibility index (Phi) is 4.40. The number of hydrogen-bond acceptors (Lipinski definition) is 5. The van der Waals surface area contributed by atoms with Gasteiger partial charge in [0.2, 0.25) is 0 Å². The van der Waals surface area contributed by atoms with Crippen molar-refractivity contribution in [2.24, 2.45) is 0 Å². The van der Waals surface area contributed by atoms with E-state index in [1.165, 1.54) is 6.07 Å². The number of para-hydroxylation sites is 1. The van der Waals surface area contributed by atoms with Crippen molar-refractivity contribution < 1.29 is 52.1 Å². The normalized spacial score (nSPS) is 13.4. The zero-order valence-electron chi connectivity index (χ0n) is 9.38. The van der Waals surface area contributed by atoms with Crippen LogP contribution in [0.2, 0.25) is 0 Å². The molecule has 0 aliphatic carbocycles. The third-order valence-corrected chi connectivity index (χ3v) is 3.04. The number of aryl methyl sites for hydroxylation is 1. The van der Waals surface area contributed by atoms with Crippen LogP contribution >= 0.6 is 0 Å². The molecule has 0 bridgehead atoms. The molecule has 0 amide bonds. The van der Waals surface area contributed by atoms with Crippen LogP contribution in [0.1, 0.15) is 16.8 Å². The summed E-state index contributed by atoms with van der Waals surface area (Å²) >= 11 is 0. The summed E-state index contributed by atoms with van der Waals surface area (Å²) in [6.45, 7) is 1.70. The van der Waals surface area contributed by atoms with E-state index >= 15 is 0 Å². The van der Waals surface area contributed by atoms with Gasteiger partial charge in [0.15, 0.2) is 5.44 Å². The molecule has 1 atom stereocenters. The second kappa shape index (κ2) is 5.09. The monoisotopic (exact) mass is 264 g/mol. The second-order valence-electron chi connectivity index (χ2n) is 3.47. The molecule has 0 aliphatic heterocycles. The molecule has 2 rings (SSSR count). The Labute approximate surface area is 120 Å². The summed E-state index contributed by atoms with van der Waals surface area (Å²) in [6, 6.07) is 6.31. The number of aliphatic hydroxyl groups is 1. The van der Waals surface area contributed by atoms with E-state index in [2.05, 4.69) is 0 Å². The average Bonchev–Trinajstić information content (AvgIpc) is 2.54.